The van der Waals surface area contributed by atoms with E-state index >= 15 is 0 Å². The van der Waals surface area contributed by atoms with Crippen LogP contribution < -0.4 is 20.4 Å². The minimum Gasteiger partial charge on any atom is -0.368 e. The SMILES string of the molecule is Cc1cc(NC=C2C(=O)Nc3cc(F)ccc32)ccc1N1CCN(c2cnccn2)CC1. The van der Waals surface area contributed by atoms with Gasteiger partial charge in [-0.2, -0.15) is 0 Å². The summed E-state index contributed by atoms with van der Waals surface area (Å²) in [5, 5.41) is 5.91. The normalized spacial score (nSPS) is 16.8. The van der Waals surface area contributed by atoms with Gasteiger partial charge in [-0.1, -0.05) is 0 Å². The molecule has 0 spiro atoms. The number of aryl methyl sites for hydroxylation is 1. The highest BCUT2D eigenvalue weighted by atomic mass is 19.1. The molecule has 0 saturated carbocycles. The third kappa shape index (κ3) is 3.87. The van der Waals surface area contributed by atoms with Gasteiger partial charge in [0.25, 0.3) is 5.91 Å². The summed E-state index contributed by atoms with van der Waals surface area (Å²) >= 11 is 0. The van der Waals surface area contributed by atoms with Crippen LogP contribution in [0.4, 0.5) is 27.3 Å². The van der Waals surface area contributed by atoms with Crippen molar-refractivity contribution < 1.29 is 9.18 Å². The van der Waals surface area contributed by atoms with E-state index in [1.165, 1.54) is 17.8 Å². The van der Waals surface area contributed by atoms with Crippen LogP contribution in [0.25, 0.3) is 5.57 Å². The molecule has 3 aromatic rings. The van der Waals surface area contributed by atoms with Gasteiger partial charge < -0.3 is 20.4 Å². The van der Waals surface area contributed by atoms with E-state index in [0.717, 1.165) is 43.2 Å². The zero-order valence-electron chi connectivity index (χ0n) is 17.7. The lowest BCUT2D eigenvalue weighted by molar-refractivity contribution is -0.110. The molecule has 2 aliphatic rings. The topological polar surface area (TPSA) is 73.4 Å². The monoisotopic (exact) mass is 430 g/mol. The maximum atomic E-state index is 13.4. The quantitative estimate of drug-likeness (QED) is 0.616. The zero-order chi connectivity index (χ0) is 22.1. The van der Waals surface area contributed by atoms with Crippen LogP contribution in [0.2, 0.25) is 0 Å². The molecule has 0 unspecified atom stereocenters. The smallest absolute Gasteiger partial charge is 0.257 e. The van der Waals surface area contributed by atoms with Gasteiger partial charge in [-0.3, -0.25) is 9.78 Å². The number of amides is 1. The Kier molecular flexibility index (Phi) is 5.18. The molecular weight excluding hydrogens is 407 g/mol. The van der Waals surface area contributed by atoms with Crippen LogP contribution in [0.1, 0.15) is 11.1 Å². The molecule has 0 aliphatic carbocycles. The molecule has 2 aromatic carbocycles. The van der Waals surface area contributed by atoms with Crippen LogP contribution in [0, 0.1) is 12.7 Å². The number of aromatic nitrogens is 2. The van der Waals surface area contributed by atoms with Crippen molar-refractivity contribution >= 4 is 34.4 Å². The van der Waals surface area contributed by atoms with Crippen LogP contribution in [-0.4, -0.2) is 42.1 Å². The number of benzene rings is 2. The lowest BCUT2D eigenvalue weighted by Crippen LogP contribution is -2.47. The fourth-order valence-corrected chi connectivity index (χ4v) is 4.20. The average molecular weight is 430 g/mol. The van der Waals surface area contributed by atoms with E-state index in [1.807, 2.05) is 6.07 Å². The highest BCUT2D eigenvalue weighted by molar-refractivity contribution is 6.31. The standard InChI is InChI=1S/C24H23FN6O/c1-16-12-18(28-14-20-19-4-2-17(25)13-21(19)29-24(20)32)3-5-22(16)30-8-10-31(11-9-30)23-15-26-6-7-27-23/h2-7,12-15,28H,8-11H2,1H3,(H,29,32). The number of fused-ring (bicyclic) bond motifs is 1. The molecule has 7 nitrogen and oxygen atoms in total. The van der Waals surface area contributed by atoms with Gasteiger partial charge >= 0.3 is 0 Å². The van der Waals surface area contributed by atoms with Gasteiger partial charge in [0.1, 0.15) is 11.6 Å². The fourth-order valence-electron chi connectivity index (χ4n) is 4.20. The van der Waals surface area contributed by atoms with Crippen molar-refractivity contribution in [2.75, 3.05) is 46.6 Å². The van der Waals surface area contributed by atoms with E-state index in [-0.39, 0.29) is 11.7 Å². The summed E-state index contributed by atoms with van der Waals surface area (Å²) in [7, 11) is 0. The van der Waals surface area contributed by atoms with E-state index in [2.05, 4.69) is 49.5 Å². The van der Waals surface area contributed by atoms with E-state index in [9.17, 15) is 9.18 Å². The minimum absolute atomic E-state index is 0.243. The number of carbonyl (C=O) groups is 1. The van der Waals surface area contributed by atoms with E-state index in [0.29, 0.717) is 16.8 Å². The molecule has 2 aliphatic heterocycles. The summed E-state index contributed by atoms with van der Waals surface area (Å²) in [5.41, 5.74) is 4.91. The Labute approximate surface area is 185 Å². The molecule has 0 radical (unpaired) electrons. The predicted octanol–water partition coefficient (Wildman–Crippen LogP) is 3.66. The van der Waals surface area contributed by atoms with Crippen LogP contribution in [0.15, 0.2) is 61.2 Å². The molecule has 32 heavy (non-hydrogen) atoms. The number of hydrogen-bond acceptors (Lipinski definition) is 6. The lowest BCUT2D eigenvalue weighted by Gasteiger charge is -2.37. The Bertz CT molecular complexity index is 1190. The molecular formula is C24H23FN6O. The molecule has 5 rings (SSSR count). The largest absolute Gasteiger partial charge is 0.368 e. The Morgan fingerprint density at radius 3 is 2.62 bits per heavy atom. The molecule has 1 fully saturated rings. The molecule has 1 aromatic heterocycles. The summed E-state index contributed by atoms with van der Waals surface area (Å²) in [6.45, 7) is 5.67. The second-order valence-corrected chi connectivity index (χ2v) is 7.89. The Balaban J connectivity index is 1.27. The second-order valence-electron chi connectivity index (χ2n) is 7.89. The van der Waals surface area contributed by atoms with Crippen molar-refractivity contribution in [3.8, 4) is 0 Å². The van der Waals surface area contributed by atoms with Gasteiger partial charge in [0.05, 0.1) is 17.5 Å². The van der Waals surface area contributed by atoms with Gasteiger partial charge in [-0.05, 0) is 48.9 Å². The minimum atomic E-state index is -0.373. The third-order valence-electron chi connectivity index (χ3n) is 5.84. The van der Waals surface area contributed by atoms with Crippen molar-refractivity contribution in [3.05, 3.63) is 78.1 Å². The highest BCUT2D eigenvalue weighted by Gasteiger charge is 2.24. The Morgan fingerprint density at radius 2 is 1.88 bits per heavy atom. The van der Waals surface area contributed by atoms with Crippen molar-refractivity contribution in [1.82, 2.24) is 9.97 Å². The van der Waals surface area contributed by atoms with Crippen LogP contribution in [0.3, 0.4) is 0 Å². The number of hydrogen-bond donors (Lipinski definition) is 2. The third-order valence-corrected chi connectivity index (χ3v) is 5.84. The summed E-state index contributed by atoms with van der Waals surface area (Å²) in [5.74, 6) is 0.297. The van der Waals surface area contributed by atoms with Crippen molar-refractivity contribution in [3.63, 3.8) is 0 Å². The predicted molar refractivity (Wildman–Crippen MR) is 124 cm³/mol. The number of rotatable bonds is 4. The molecule has 2 N–H and O–H groups in total. The first kappa shape index (κ1) is 20.0. The van der Waals surface area contributed by atoms with Crippen LogP contribution in [0.5, 0.6) is 0 Å². The van der Waals surface area contributed by atoms with E-state index in [1.54, 1.807) is 30.9 Å². The maximum absolute atomic E-state index is 13.4. The van der Waals surface area contributed by atoms with Crippen molar-refractivity contribution in [2.24, 2.45) is 0 Å². The van der Waals surface area contributed by atoms with E-state index in [4.69, 9.17) is 0 Å². The van der Waals surface area contributed by atoms with E-state index < -0.39 is 0 Å². The highest BCUT2D eigenvalue weighted by Crippen LogP contribution is 2.32. The van der Waals surface area contributed by atoms with Gasteiger partial charge in [0, 0.05) is 61.7 Å². The number of nitrogens with zero attached hydrogens (tertiary/aromatic N) is 4. The first-order chi connectivity index (χ1) is 15.6. The van der Waals surface area contributed by atoms with Crippen LogP contribution in [-0.2, 0) is 4.79 Å². The second kappa shape index (κ2) is 8.30. The number of anilines is 4. The Hall–Kier alpha value is -3.94. The molecule has 0 bridgehead atoms. The number of piperazine rings is 1. The van der Waals surface area contributed by atoms with Gasteiger partial charge in [-0.15, -0.1) is 0 Å². The molecule has 1 amide bonds. The molecule has 3 heterocycles. The van der Waals surface area contributed by atoms with Crippen LogP contribution >= 0.6 is 0 Å². The lowest BCUT2D eigenvalue weighted by atomic mass is 10.1. The summed E-state index contributed by atoms with van der Waals surface area (Å²) in [4.78, 5) is 25.4. The maximum Gasteiger partial charge on any atom is 0.257 e. The van der Waals surface area contributed by atoms with Crippen molar-refractivity contribution in [1.29, 1.82) is 0 Å². The number of halogens is 1. The first-order valence-corrected chi connectivity index (χ1v) is 10.5. The van der Waals surface area contributed by atoms with Gasteiger partial charge in [-0.25, -0.2) is 9.37 Å². The van der Waals surface area contributed by atoms with Gasteiger partial charge in [0.15, 0.2) is 0 Å². The molecule has 8 heteroatoms. The first-order valence-electron chi connectivity index (χ1n) is 10.5. The number of nitrogens with one attached hydrogen (secondary N) is 2. The summed E-state index contributed by atoms with van der Waals surface area (Å²) in [6.07, 6.45) is 6.88. The molecule has 1 saturated heterocycles. The average Bonchev–Trinajstić information content (AvgIpc) is 3.12. The summed E-state index contributed by atoms with van der Waals surface area (Å²) in [6, 6.07) is 10.5. The molecule has 0 atom stereocenters. The number of carbonyl (C=O) groups excluding carboxylic acids is 1. The molecule has 162 valence electrons. The van der Waals surface area contributed by atoms with Gasteiger partial charge in [0.2, 0.25) is 0 Å². The fraction of sp³-hybridized carbons (Fsp3) is 0.208. The zero-order valence-corrected chi connectivity index (χ0v) is 17.7. The van der Waals surface area contributed by atoms with Crippen molar-refractivity contribution in [2.45, 2.75) is 6.92 Å². The Morgan fingerprint density at radius 1 is 1.06 bits per heavy atom. The summed E-state index contributed by atoms with van der Waals surface area (Å²) < 4.78 is 13.4.